The topological polar surface area (TPSA) is 107 Å². The molecule has 8 heteroatoms. The third-order valence-corrected chi connectivity index (χ3v) is 5.05. The monoisotopic (exact) mass is 383 g/mol. The molecule has 1 saturated heterocycles. The minimum absolute atomic E-state index is 0.0921. The van der Waals surface area contributed by atoms with E-state index in [9.17, 15) is 14.7 Å². The molecule has 1 aromatic carbocycles. The number of rotatable bonds is 6. The number of hydrogen-bond acceptors (Lipinski definition) is 5. The lowest BCUT2D eigenvalue weighted by Crippen LogP contribution is -2.48. The van der Waals surface area contributed by atoms with E-state index in [1.807, 2.05) is 30.3 Å². The Morgan fingerprint density at radius 3 is 2.75 bits per heavy atom. The Labute approximate surface area is 164 Å². The minimum atomic E-state index is -0.885. The van der Waals surface area contributed by atoms with Gasteiger partial charge in [0.05, 0.1) is 0 Å². The van der Waals surface area contributed by atoms with Gasteiger partial charge in [0.25, 0.3) is 5.91 Å². The highest BCUT2D eigenvalue weighted by Crippen LogP contribution is 2.25. The van der Waals surface area contributed by atoms with Crippen LogP contribution in [0.3, 0.4) is 0 Å². The zero-order chi connectivity index (χ0) is 19.9. The molecule has 0 saturated carbocycles. The van der Waals surface area contributed by atoms with E-state index in [0.717, 1.165) is 12.0 Å². The summed E-state index contributed by atoms with van der Waals surface area (Å²) in [6.07, 6.45) is 2.77. The average Bonchev–Trinajstić information content (AvgIpc) is 2.72. The van der Waals surface area contributed by atoms with Crippen molar-refractivity contribution in [2.75, 3.05) is 25.5 Å². The van der Waals surface area contributed by atoms with Crippen molar-refractivity contribution in [2.24, 2.45) is 5.92 Å². The molecule has 8 nitrogen and oxygen atoms in total. The van der Waals surface area contributed by atoms with Gasteiger partial charge in [0, 0.05) is 32.4 Å². The first-order valence-electron chi connectivity index (χ1n) is 9.39. The summed E-state index contributed by atoms with van der Waals surface area (Å²) in [4.78, 5) is 33.6. The van der Waals surface area contributed by atoms with Gasteiger partial charge in [-0.05, 0) is 36.8 Å². The lowest BCUT2D eigenvalue weighted by Gasteiger charge is -2.38. The van der Waals surface area contributed by atoms with Crippen molar-refractivity contribution in [3.05, 3.63) is 53.9 Å². The summed E-state index contributed by atoms with van der Waals surface area (Å²) in [6, 6.07) is 11.4. The van der Waals surface area contributed by atoms with E-state index < -0.39 is 6.09 Å². The molecular formula is C20H25N5O3. The van der Waals surface area contributed by atoms with E-state index in [1.54, 1.807) is 13.1 Å². The zero-order valence-corrected chi connectivity index (χ0v) is 15.8. The van der Waals surface area contributed by atoms with Crippen LogP contribution in [0.25, 0.3) is 0 Å². The van der Waals surface area contributed by atoms with Gasteiger partial charge in [-0.25, -0.2) is 14.8 Å². The van der Waals surface area contributed by atoms with Crippen LogP contribution in [0.4, 0.5) is 10.7 Å². The van der Waals surface area contributed by atoms with Gasteiger partial charge in [-0.1, -0.05) is 30.3 Å². The Kier molecular flexibility index (Phi) is 6.41. The van der Waals surface area contributed by atoms with Crippen LogP contribution in [0.2, 0.25) is 0 Å². The number of nitrogens with one attached hydrogen (secondary N) is 2. The minimum Gasteiger partial charge on any atom is -0.465 e. The van der Waals surface area contributed by atoms with E-state index in [2.05, 4.69) is 20.6 Å². The predicted octanol–water partition coefficient (Wildman–Crippen LogP) is 2.25. The van der Waals surface area contributed by atoms with Gasteiger partial charge in [-0.2, -0.15) is 0 Å². The second-order valence-corrected chi connectivity index (χ2v) is 6.94. The molecule has 3 rings (SSSR count). The first-order chi connectivity index (χ1) is 13.6. The third kappa shape index (κ3) is 4.97. The van der Waals surface area contributed by atoms with Crippen LogP contribution in [0.1, 0.15) is 28.9 Å². The van der Waals surface area contributed by atoms with Crippen LogP contribution in [-0.4, -0.2) is 58.2 Å². The van der Waals surface area contributed by atoms with Crippen molar-refractivity contribution in [3.8, 4) is 0 Å². The van der Waals surface area contributed by atoms with Gasteiger partial charge in [0.2, 0.25) is 5.95 Å². The molecular weight excluding hydrogens is 358 g/mol. The van der Waals surface area contributed by atoms with Gasteiger partial charge in [-0.3, -0.25) is 4.79 Å². The fourth-order valence-corrected chi connectivity index (χ4v) is 3.58. The molecule has 1 aliphatic rings. The fraction of sp³-hybridized carbons (Fsp3) is 0.400. The maximum atomic E-state index is 12.4. The molecule has 1 aliphatic heterocycles. The summed E-state index contributed by atoms with van der Waals surface area (Å²) < 4.78 is 0. The lowest BCUT2D eigenvalue weighted by molar-refractivity contribution is 0.0831. The molecule has 2 aromatic rings. The number of piperidine rings is 1. The lowest BCUT2D eigenvalue weighted by atomic mass is 9.87. The second kappa shape index (κ2) is 9.16. The van der Waals surface area contributed by atoms with Crippen LogP contribution in [-0.2, 0) is 6.42 Å². The van der Waals surface area contributed by atoms with E-state index in [-0.39, 0.29) is 17.9 Å². The van der Waals surface area contributed by atoms with Crippen molar-refractivity contribution < 1.29 is 14.7 Å². The highest BCUT2D eigenvalue weighted by Gasteiger charge is 2.31. The quantitative estimate of drug-likeness (QED) is 0.706. The normalized spacial score (nSPS) is 19.1. The van der Waals surface area contributed by atoms with Crippen molar-refractivity contribution in [2.45, 2.75) is 25.3 Å². The Balaban J connectivity index is 1.60. The Hall–Kier alpha value is -3.16. The maximum absolute atomic E-state index is 12.4. The molecule has 2 unspecified atom stereocenters. The van der Waals surface area contributed by atoms with Gasteiger partial charge in [0.15, 0.2) is 0 Å². The number of carbonyl (C=O) groups is 2. The first kappa shape index (κ1) is 19.6. The Morgan fingerprint density at radius 2 is 2.04 bits per heavy atom. The summed E-state index contributed by atoms with van der Waals surface area (Å²) in [6.45, 7) is 0.973. The summed E-state index contributed by atoms with van der Waals surface area (Å²) in [5.41, 5.74) is 1.42. The number of carboxylic acid groups (broad SMARTS) is 1. The van der Waals surface area contributed by atoms with Gasteiger partial charge < -0.3 is 20.6 Å². The van der Waals surface area contributed by atoms with Crippen molar-refractivity contribution in [1.29, 1.82) is 0 Å². The molecule has 0 aliphatic carbocycles. The van der Waals surface area contributed by atoms with Crippen LogP contribution >= 0.6 is 0 Å². The fourth-order valence-electron chi connectivity index (χ4n) is 3.58. The summed E-state index contributed by atoms with van der Waals surface area (Å²) in [7, 11) is 1.69. The maximum Gasteiger partial charge on any atom is 0.407 e. The zero-order valence-electron chi connectivity index (χ0n) is 15.8. The third-order valence-electron chi connectivity index (χ3n) is 5.05. The molecule has 148 valence electrons. The summed E-state index contributed by atoms with van der Waals surface area (Å²) in [5, 5.41) is 15.3. The molecule has 1 aromatic heterocycles. The Bertz CT molecular complexity index is 814. The van der Waals surface area contributed by atoms with Crippen LogP contribution in [0.5, 0.6) is 0 Å². The smallest absolute Gasteiger partial charge is 0.407 e. The largest absolute Gasteiger partial charge is 0.465 e. The van der Waals surface area contributed by atoms with E-state index in [0.29, 0.717) is 37.6 Å². The molecule has 0 spiro atoms. The van der Waals surface area contributed by atoms with E-state index >= 15 is 0 Å². The molecule has 2 heterocycles. The highest BCUT2D eigenvalue weighted by molar-refractivity contribution is 5.92. The van der Waals surface area contributed by atoms with E-state index in [4.69, 9.17) is 0 Å². The number of amides is 2. The number of benzene rings is 1. The SMILES string of the molecule is CNc1nccc(C(=O)NCC2CCN(C(=O)O)C(Cc3ccccc3)C2)n1. The molecule has 0 bridgehead atoms. The number of nitrogens with zero attached hydrogens (tertiary/aromatic N) is 3. The summed E-state index contributed by atoms with van der Waals surface area (Å²) in [5.74, 6) is 0.364. The van der Waals surface area contributed by atoms with Crippen LogP contribution in [0, 0.1) is 5.92 Å². The molecule has 0 radical (unpaired) electrons. The standard InChI is InChI=1S/C20H25N5O3/c1-21-19-22-9-7-17(24-19)18(26)23-13-15-8-10-25(20(27)28)16(12-15)11-14-5-3-2-4-6-14/h2-7,9,15-16H,8,10-13H2,1H3,(H,23,26)(H,27,28)(H,21,22,24). The average molecular weight is 383 g/mol. The van der Waals surface area contributed by atoms with Crippen molar-refractivity contribution in [1.82, 2.24) is 20.2 Å². The second-order valence-electron chi connectivity index (χ2n) is 6.94. The van der Waals surface area contributed by atoms with E-state index in [1.165, 1.54) is 11.1 Å². The van der Waals surface area contributed by atoms with Crippen LogP contribution in [0.15, 0.2) is 42.6 Å². The molecule has 3 N–H and O–H groups in total. The van der Waals surface area contributed by atoms with Gasteiger partial charge in [-0.15, -0.1) is 0 Å². The number of likely N-dealkylation sites (tertiary alicyclic amines) is 1. The predicted molar refractivity (Wildman–Crippen MR) is 105 cm³/mol. The van der Waals surface area contributed by atoms with Crippen molar-refractivity contribution >= 4 is 17.9 Å². The van der Waals surface area contributed by atoms with Gasteiger partial charge >= 0.3 is 6.09 Å². The molecule has 1 fully saturated rings. The first-order valence-corrected chi connectivity index (χ1v) is 9.39. The summed E-state index contributed by atoms with van der Waals surface area (Å²) >= 11 is 0. The Morgan fingerprint density at radius 1 is 1.25 bits per heavy atom. The van der Waals surface area contributed by atoms with Crippen molar-refractivity contribution in [3.63, 3.8) is 0 Å². The number of carbonyl (C=O) groups excluding carboxylic acids is 1. The van der Waals surface area contributed by atoms with Crippen LogP contribution < -0.4 is 10.6 Å². The molecule has 2 amide bonds. The molecule has 28 heavy (non-hydrogen) atoms. The highest BCUT2D eigenvalue weighted by atomic mass is 16.4. The number of aromatic nitrogens is 2. The molecule has 2 atom stereocenters. The number of hydrogen-bond donors (Lipinski definition) is 3. The number of anilines is 1. The van der Waals surface area contributed by atoms with Gasteiger partial charge in [0.1, 0.15) is 5.69 Å².